The number of carbonyl (C=O) groups is 2. The number of thiophene rings is 1. The van der Waals surface area contributed by atoms with Crippen molar-refractivity contribution >= 4 is 23.3 Å². The lowest BCUT2D eigenvalue weighted by molar-refractivity contribution is -0.140. The van der Waals surface area contributed by atoms with Gasteiger partial charge in [-0.15, -0.1) is 11.3 Å². The molecule has 0 atom stereocenters. The summed E-state index contributed by atoms with van der Waals surface area (Å²) >= 11 is 1.31. The van der Waals surface area contributed by atoms with E-state index < -0.39 is 5.97 Å². The van der Waals surface area contributed by atoms with Gasteiger partial charge >= 0.3 is 11.9 Å². The number of ether oxygens (including phenoxy) is 3. The molecule has 100 valence electrons. The van der Waals surface area contributed by atoms with Gasteiger partial charge in [0.05, 0.1) is 21.3 Å². The lowest BCUT2D eigenvalue weighted by Crippen LogP contribution is -2.06. The third kappa shape index (κ3) is 3.01. The van der Waals surface area contributed by atoms with E-state index >= 15 is 0 Å². The number of esters is 2. The minimum absolute atomic E-state index is 0.201. The Morgan fingerprint density at radius 1 is 1.17 bits per heavy atom. The van der Waals surface area contributed by atoms with Gasteiger partial charge in [0.1, 0.15) is 10.6 Å². The van der Waals surface area contributed by atoms with Gasteiger partial charge in [0.15, 0.2) is 0 Å². The molecule has 0 aliphatic heterocycles. The highest BCUT2D eigenvalue weighted by Gasteiger charge is 2.22. The summed E-state index contributed by atoms with van der Waals surface area (Å²) in [6, 6.07) is 0. The molecular weight excluding hydrogens is 256 g/mol. The first kappa shape index (κ1) is 14.5. The fraction of sp³-hybridized carbons (Fsp3) is 0.500. The number of carbonyl (C=O) groups excluding carboxylic acids is 2. The average Bonchev–Trinajstić information content (AvgIpc) is 2.70. The number of hydrogen-bond donors (Lipinski definition) is 0. The third-order valence-corrected chi connectivity index (χ3v) is 3.61. The van der Waals surface area contributed by atoms with Crippen LogP contribution >= 0.6 is 11.3 Å². The van der Waals surface area contributed by atoms with Crippen LogP contribution in [0.1, 0.15) is 26.5 Å². The SMILES string of the molecule is COC(=O)CCc1c(C(=O)OC)sc(C)c1OC. The van der Waals surface area contributed by atoms with Crippen LogP contribution < -0.4 is 4.74 Å². The van der Waals surface area contributed by atoms with Gasteiger partial charge in [-0.25, -0.2) is 4.79 Å². The Morgan fingerprint density at radius 3 is 2.33 bits per heavy atom. The van der Waals surface area contributed by atoms with Crippen LogP contribution in [0.4, 0.5) is 0 Å². The van der Waals surface area contributed by atoms with Crippen molar-refractivity contribution in [2.75, 3.05) is 21.3 Å². The van der Waals surface area contributed by atoms with Gasteiger partial charge in [0, 0.05) is 16.9 Å². The topological polar surface area (TPSA) is 61.8 Å². The second-order valence-electron chi connectivity index (χ2n) is 3.57. The summed E-state index contributed by atoms with van der Waals surface area (Å²) < 4.78 is 14.6. The summed E-state index contributed by atoms with van der Waals surface area (Å²) in [5, 5.41) is 0. The van der Waals surface area contributed by atoms with Gasteiger partial charge in [-0.05, 0) is 13.3 Å². The minimum Gasteiger partial charge on any atom is -0.495 e. The van der Waals surface area contributed by atoms with E-state index in [0.29, 0.717) is 22.6 Å². The van der Waals surface area contributed by atoms with Crippen molar-refractivity contribution in [3.8, 4) is 5.75 Å². The Morgan fingerprint density at radius 2 is 1.83 bits per heavy atom. The molecule has 6 heteroatoms. The monoisotopic (exact) mass is 272 g/mol. The highest BCUT2D eigenvalue weighted by molar-refractivity contribution is 7.14. The zero-order valence-electron chi connectivity index (χ0n) is 10.9. The summed E-state index contributed by atoms with van der Waals surface area (Å²) in [5.41, 5.74) is 0.706. The quantitative estimate of drug-likeness (QED) is 0.767. The van der Waals surface area contributed by atoms with Crippen LogP contribution in [0.25, 0.3) is 0 Å². The van der Waals surface area contributed by atoms with E-state index in [1.54, 1.807) is 0 Å². The highest BCUT2D eigenvalue weighted by Crippen LogP contribution is 2.36. The van der Waals surface area contributed by atoms with E-state index in [4.69, 9.17) is 9.47 Å². The van der Waals surface area contributed by atoms with Crippen molar-refractivity contribution in [2.24, 2.45) is 0 Å². The van der Waals surface area contributed by atoms with Crippen LogP contribution in [0.15, 0.2) is 0 Å². The molecule has 0 aliphatic rings. The zero-order valence-corrected chi connectivity index (χ0v) is 11.7. The number of aryl methyl sites for hydroxylation is 1. The summed E-state index contributed by atoms with van der Waals surface area (Å²) in [5.74, 6) is -0.0905. The molecule has 0 bridgehead atoms. The van der Waals surface area contributed by atoms with Crippen molar-refractivity contribution in [2.45, 2.75) is 19.8 Å². The van der Waals surface area contributed by atoms with Gasteiger partial charge < -0.3 is 14.2 Å². The summed E-state index contributed by atoms with van der Waals surface area (Å²) in [7, 11) is 4.20. The van der Waals surface area contributed by atoms with Gasteiger partial charge in [-0.1, -0.05) is 0 Å². The van der Waals surface area contributed by atoms with E-state index in [1.807, 2.05) is 6.92 Å². The molecule has 1 rings (SSSR count). The molecule has 0 aliphatic carbocycles. The molecule has 0 aromatic carbocycles. The summed E-state index contributed by atoms with van der Waals surface area (Å²) in [4.78, 5) is 24.2. The maximum Gasteiger partial charge on any atom is 0.348 e. The third-order valence-electron chi connectivity index (χ3n) is 2.50. The van der Waals surface area contributed by atoms with E-state index in [2.05, 4.69) is 4.74 Å². The Hall–Kier alpha value is -1.56. The van der Waals surface area contributed by atoms with E-state index in [0.717, 1.165) is 4.88 Å². The first-order valence-corrected chi connectivity index (χ1v) is 6.18. The molecular formula is C12H16O5S. The zero-order chi connectivity index (χ0) is 13.7. The lowest BCUT2D eigenvalue weighted by atomic mass is 10.1. The maximum atomic E-state index is 11.6. The van der Waals surface area contributed by atoms with Crippen molar-refractivity contribution in [1.82, 2.24) is 0 Å². The van der Waals surface area contributed by atoms with Crippen LogP contribution in [0.2, 0.25) is 0 Å². The van der Waals surface area contributed by atoms with Crippen molar-refractivity contribution in [1.29, 1.82) is 0 Å². The molecule has 1 aromatic rings. The molecule has 0 saturated heterocycles. The first-order valence-electron chi connectivity index (χ1n) is 5.36. The minimum atomic E-state index is -0.411. The fourth-order valence-electron chi connectivity index (χ4n) is 1.66. The molecule has 1 aromatic heterocycles. The predicted octanol–water partition coefficient (Wildman–Crippen LogP) is 1.96. The van der Waals surface area contributed by atoms with Crippen molar-refractivity contribution in [3.05, 3.63) is 15.3 Å². The predicted molar refractivity (Wildman–Crippen MR) is 67.3 cm³/mol. The smallest absolute Gasteiger partial charge is 0.348 e. The second-order valence-corrected chi connectivity index (χ2v) is 4.79. The van der Waals surface area contributed by atoms with Crippen LogP contribution in [0.5, 0.6) is 5.75 Å². The number of rotatable bonds is 5. The molecule has 0 spiro atoms. The largest absolute Gasteiger partial charge is 0.495 e. The van der Waals surface area contributed by atoms with Crippen LogP contribution in [0, 0.1) is 6.92 Å². The molecule has 0 radical (unpaired) electrons. The van der Waals surface area contributed by atoms with Crippen LogP contribution in [-0.4, -0.2) is 33.3 Å². The lowest BCUT2D eigenvalue weighted by Gasteiger charge is -2.05. The van der Waals surface area contributed by atoms with Crippen molar-refractivity contribution in [3.63, 3.8) is 0 Å². The Bertz CT molecular complexity index is 450. The molecule has 0 fully saturated rings. The molecule has 1 heterocycles. The standard InChI is InChI=1S/C12H16O5S/c1-7-10(16-3)8(5-6-9(13)15-2)11(18-7)12(14)17-4/h5-6H2,1-4H3. The van der Waals surface area contributed by atoms with Gasteiger partial charge in [-0.2, -0.15) is 0 Å². The molecule has 0 N–H and O–H groups in total. The number of hydrogen-bond acceptors (Lipinski definition) is 6. The normalized spacial score (nSPS) is 10.0. The molecule has 18 heavy (non-hydrogen) atoms. The number of methoxy groups -OCH3 is 3. The molecule has 5 nitrogen and oxygen atoms in total. The summed E-state index contributed by atoms with van der Waals surface area (Å²) in [6.45, 7) is 1.86. The Kier molecular flexibility index (Phi) is 5.15. The van der Waals surface area contributed by atoms with E-state index in [9.17, 15) is 9.59 Å². The van der Waals surface area contributed by atoms with Gasteiger partial charge in [0.25, 0.3) is 0 Å². The van der Waals surface area contributed by atoms with Gasteiger partial charge in [-0.3, -0.25) is 4.79 Å². The van der Waals surface area contributed by atoms with Crippen LogP contribution in [-0.2, 0) is 20.7 Å². The Labute approximate surface area is 110 Å². The Balaban J connectivity index is 3.04. The van der Waals surface area contributed by atoms with Gasteiger partial charge in [0.2, 0.25) is 0 Å². The second kappa shape index (κ2) is 6.39. The van der Waals surface area contributed by atoms with E-state index in [-0.39, 0.29) is 12.4 Å². The molecule has 0 saturated carbocycles. The van der Waals surface area contributed by atoms with E-state index in [1.165, 1.54) is 32.7 Å². The highest BCUT2D eigenvalue weighted by atomic mass is 32.1. The molecule has 0 unspecified atom stereocenters. The average molecular weight is 272 g/mol. The molecule has 0 amide bonds. The fourth-order valence-corrected chi connectivity index (χ4v) is 2.75. The van der Waals surface area contributed by atoms with Crippen LogP contribution in [0.3, 0.4) is 0 Å². The first-order chi connectivity index (χ1) is 8.54. The summed E-state index contributed by atoms with van der Waals surface area (Å²) in [6.07, 6.45) is 0.595. The van der Waals surface area contributed by atoms with Crippen molar-refractivity contribution < 1.29 is 23.8 Å². The maximum absolute atomic E-state index is 11.6.